The highest BCUT2D eigenvalue weighted by molar-refractivity contribution is 6.11. The molecule has 0 atom stereocenters. The molecule has 0 aliphatic heterocycles. The maximum Gasteiger partial charge on any atom is 0.424 e. The second kappa shape index (κ2) is 12.0. The number of hydrogen-bond donors (Lipinski definition) is 0. The van der Waals surface area contributed by atoms with E-state index in [1.165, 1.54) is 18.2 Å². The summed E-state index contributed by atoms with van der Waals surface area (Å²) in [5.41, 5.74) is -1.43. The molecular weight excluding hydrogens is 450 g/mol. The van der Waals surface area contributed by atoms with Crippen molar-refractivity contribution in [1.29, 1.82) is 5.26 Å². The molecule has 0 aromatic carbocycles. The van der Waals surface area contributed by atoms with Crippen molar-refractivity contribution in [3.63, 3.8) is 0 Å². The van der Waals surface area contributed by atoms with Gasteiger partial charge in [-0.25, -0.2) is 14.6 Å². The van der Waals surface area contributed by atoms with Gasteiger partial charge < -0.3 is 14.2 Å². The van der Waals surface area contributed by atoms with Gasteiger partial charge in [-0.15, -0.1) is 0 Å². The number of ether oxygens (including phenoxy) is 3. The van der Waals surface area contributed by atoms with Gasteiger partial charge in [0.05, 0.1) is 24.4 Å². The smallest absolute Gasteiger partial charge is 0.424 e. The summed E-state index contributed by atoms with van der Waals surface area (Å²) < 4.78 is 15.9. The number of hydrogen-bond acceptors (Lipinski definition) is 8. The van der Waals surface area contributed by atoms with Gasteiger partial charge in [-0.1, -0.05) is 31.4 Å². The summed E-state index contributed by atoms with van der Waals surface area (Å²) >= 11 is 0. The van der Waals surface area contributed by atoms with Crippen LogP contribution in [0, 0.1) is 11.3 Å². The highest BCUT2D eigenvalue weighted by Crippen LogP contribution is 2.32. The molecule has 0 aliphatic rings. The first-order valence-corrected chi connectivity index (χ1v) is 11.0. The zero-order chi connectivity index (χ0) is 27.0. The van der Waals surface area contributed by atoms with Crippen LogP contribution in [-0.4, -0.2) is 40.9 Å². The fourth-order valence-corrected chi connectivity index (χ4v) is 2.78. The van der Waals surface area contributed by atoms with Gasteiger partial charge in [0, 0.05) is 11.1 Å². The Morgan fingerprint density at radius 1 is 1.09 bits per heavy atom. The minimum atomic E-state index is -1.02. The van der Waals surface area contributed by atoms with Gasteiger partial charge in [-0.3, -0.25) is 4.79 Å². The van der Waals surface area contributed by atoms with Crippen LogP contribution in [0.5, 0.6) is 0 Å². The van der Waals surface area contributed by atoms with E-state index in [-0.39, 0.29) is 35.7 Å². The van der Waals surface area contributed by atoms with Crippen LogP contribution in [0.1, 0.15) is 65.4 Å². The van der Waals surface area contributed by atoms with Crippen molar-refractivity contribution in [3.8, 4) is 6.07 Å². The molecule has 0 bridgehead atoms. The quantitative estimate of drug-likeness (QED) is 0.284. The van der Waals surface area contributed by atoms with E-state index in [4.69, 9.17) is 14.2 Å². The van der Waals surface area contributed by atoms with Gasteiger partial charge in [0.1, 0.15) is 23.0 Å². The number of carbonyl (C=O) groups is 3. The number of anilines is 1. The van der Waals surface area contributed by atoms with Crippen LogP contribution in [-0.2, 0) is 25.4 Å². The molecule has 0 aliphatic carbocycles. The molecule has 0 radical (unpaired) electrons. The van der Waals surface area contributed by atoms with E-state index in [9.17, 15) is 19.6 Å². The average Bonchev–Trinajstić information content (AvgIpc) is 2.70. The molecule has 9 nitrogen and oxygen atoms in total. The van der Waals surface area contributed by atoms with Gasteiger partial charge >= 0.3 is 18.2 Å². The summed E-state index contributed by atoms with van der Waals surface area (Å²) in [6.07, 6.45) is 2.09. The molecule has 2 amide bonds. The molecule has 0 spiro atoms. The lowest BCUT2D eigenvalue weighted by Gasteiger charge is -2.29. The highest BCUT2D eigenvalue weighted by Gasteiger charge is 2.35. The second-order valence-electron chi connectivity index (χ2n) is 9.32. The van der Waals surface area contributed by atoms with Crippen molar-refractivity contribution < 1.29 is 28.6 Å². The van der Waals surface area contributed by atoms with Crippen molar-refractivity contribution >= 4 is 29.4 Å². The van der Waals surface area contributed by atoms with E-state index < -0.39 is 29.4 Å². The van der Waals surface area contributed by atoms with Crippen molar-refractivity contribution in [2.24, 2.45) is 0 Å². The first kappa shape index (κ1) is 29.1. The fourth-order valence-electron chi connectivity index (χ4n) is 2.78. The molecule has 0 N–H and O–H groups in total. The van der Waals surface area contributed by atoms with E-state index in [0.717, 1.165) is 0 Å². The summed E-state index contributed by atoms with van der Waals surface area (Å²) in [4.78, 5) is 43.7. The van der Waals surface area contributed by atoms with Crippen molar-refractivity contribution in [3.05, 3.63) is 54.4 Å². The maximum atomic E-state index is 13.3. The Hall–Kier alpha value is -3.93. The molecule has 0 fully saturated rings. The number of nitriles is 1. The molecule has 1 rings (SSSR count). The first-order chi connectivity index (χ1) is 16.2. The number of allylic oxidation sites excluding steroid dienone is 4. The number of amides is 2. The Bertz CT molecular complexity index is 1040. The van der Waals surface area contributed by atoms with Crippen LogP contribution < -0.4 is 4.90 Å². The van der Waals surface area contributed by atoms with Crippen LogP contribution in [0.3, 0.4) is 0 Å². The van der Waals surface area contributed by atoms with E-state index >= 15 is 0 Å². The average molecular weight is 484 g/mol. The van der Waals surface area contributed by atoms with Crippen molar-refractivity contribution in [1.82, 2.24) is 4.98 Å². The highest BCUT2D eigenvalue weighted by atomic mass is 16.6. The number of nitrogens with zero attached hydrogens (tertiary/aromatic N) is 3. The lowest BCUT2D eigenvalue weighted by Crippen LogP contribution is -2.44. The Kier molecular flexibility index (Phi) is 9.96. The summed E-state index contributed by atoms with van der Waals surface area (Å²) in [5.74, 6) is -0.601. The molecule has 0 unspecified atom stereocenters. The third kappa shape index (κ3) is 8.74. The summed E-state index contributed by atoms with van der Waals surface area (Å²) in [6.45, 7) is 19.1. The van der Waals surface area contributed by atoms with Crippen LogP contribution >= 0.6 is 0 Å². The number of rotatable bonds is 7. The van der Waals surface area contributed by atoms with Crippen LogP contribution in [0.4, 0.5) is 15.3 Å². The predicted molar refractivity (Wildman–Crippen MR) is 133 cm³/mol. The summed E-state index contributed by atoms with van der Waals surface area (Å²) in [5, 5.41) is 9.70. The number of esters is 1. The predicted octanol–water partition coefficient (Wildman–Crippen LogP) is 5.49. The minimum Gasteiger partial charge on any atom is -0.466 e. The second-order valence-corrected chi connectivity index (χ2v) is 9.32. The summed E-state index contributed by atoms with van der Waals surface area (Å²) in [6, 6.07) is 3.30. The van der Waals surface area contributed by atoms with Crippen LogP contribution in [0.2, 0.25) is 0 Å². The third-order valence-corrected chi connectivity index (χ3v) is 4.01. The number of imide groups is 1. The molecule has 188 valence electrons. The zero-order valence-electron chi connectivity index (χ0n) is 21.4. The molecule has 1 aromatic rings. The SMILES string of the molecule is C=C/C=C(\C=C)c1nc(C#N)c(CC(=O)OCC)cc1N(C(=O)OC(C)(C)C)C(=O)OC(C)(C)C. The maximum absolute atomic E-state index is 13.3. The van der Waals surface area contributed by atoms with Crippen LogP contribution in [0.25, 0.3) is 5.57 Å². The monoisotopic (exact) mass is 483 g/mol. The minimum absolute atomic E-state index is 0.0557. The van der Waals surface area contributed by atoms with E-state index in [1.54, 1.807) is 54.5 Å². The zero-order valence-corrected chi connectivity index (χ0v) is 21.4. The lowest BCUT2D eigenvalue weighted by atomic mass is 10.0. The van der Waals surface area contributed by atoms with E-state index in [1.807, 2.05) is 6.07 Å². The van der Waals surface area contributed by atoms with Gasteiger partial charge in [0.15, 0.2) is 0 Å². The number of carbonyl (C=O) groups excluding carboxylic acids is 3. The van der Waals surface area contributed by atoms with Gasteiger partial charge in [0.2, 0.25) is 0 Å². The lowest BCUT2D eigenvalue weighted by molar-refractivity contribution is -0.142. The number of pyridine rings is 1. The van der Waals surface area contributed by atoms with Crippen molar-refractivity contribution in [2.45, 2.75) is 66.1 Å². The Balaban J connectivity index is 3.98. The standard InChI is InChI=1S/C26H33N3O6/c1-10-13-17(11-2)22-20(14-18(19(16-27)28-22)15-21(30)33-12-3)29(23(31)34-25(4,5)6)24(32)35-26(7,8)9/h10-11,13-14H,1-2,12,15H2,3-9H3/b17-13+. The molecule has 9 heteroatoms. The van der Waals surface area contributed by atoms with E-state index in [0.29, 0.717) is 10.5 Å². The topological polar surface area (TPSA) is 119 Å². The molecule has 1 heterocycles. The Labute approximate surface area is 206 Å². The molecule has 1 aromatic heterocycles. The normalized spacial score (nSPS) is 11.7. The van der Waals surface area contributed by atoms with E-state index in [2.05, 4.69) is 18.1 Å². The molecule has 0 saturated carbocycles. The van der Waals surface area contributed by atoms with Gasteiger partial charge in [0.25, 0.3) is 0 Å². The van der Waals surface area contributed by atoms with Gasteiger partial charge in [-0.2, -0.15) is 10.2 Å². The van der Waals surface area contributed by atoms with Crippen molar-refractivity contribution in [2.75, 3.05) is 11.5 Å². The van der Waals surface area contributed by atoms with Gasteiger partial charge in [-0.05, 0) is 54.5 Å². The first-order valence-electron chi connectivity index (χ1n) is 11.0. The molecule has 35 heavy (non-hydrogen) atoms. The largest absolute Gasteiger partial charge is 0.466 e. The fraction of sp³-hybridized carbons (Fsp3) is 0.423. The van der Waals surface area contributed by atoms with Crippen LogP contribution in [0.15, 0.2) is 37.5 Å². The molecular formula is C26H33N3O6. The Morgan fingerprint density at radius 3 is 2.03 bits per heavy atom. The summed E-state index contributed by atoms with van der Waals surface area (Å²) in [7, 11) is 0. The molecule has 0 saturated heterocycles. The Morgan fingerprint density at radius 2 is 1.63 bits per heavy atom. The third-order valence-electron chi connectivity index (χ3n) is 4.01. The number of aromatic nitrogens is 1.